The summed E-state index contributed by atoms with van der Waals surface area (Å²) in [5, 5.41) is 6.72. The van der Waals surface area contributed by atoms with Crippen molar-refractivity contribution in [2.24, 2.45) is 0 Å². The summed E-state index contributed by atoms with van der Waals surface area (Å²) in [5.74, 6) is -1.80. The topological polar surface area (TPSA) is 46.9 Å². The van der Waals surface area contributed by atoms with Crippen LogP contribution in [0.4, 0.5) is 14.5 Å². The number of nitrogens with zero attached hydrogens (tertiary/aromatic N) is 2. The number of nitrogens with one attached hydrogen (secondary N) is 1. The molecular formula is C16H10ClF2N3O. The van der Waals surface area contributed by atoms with Gasteiger partial charge in [-0.25, -0.2) is 13.5 Å². The first-order valence-corrected chi connectivity index (χ1v) is 6.98. The number of hydrogen-bond donors (Lipinski definition) is 1. The summed E-state index contributed by atoms with van der Waals surface area (Å²) in [6.45, 7) is 0. The highest BCUT2D eigenvalue weighted by atomic mass is 35.5. The number of para-hydroxylation sites is 1. The molecule has 1 heterocycles. The highest BCUT2D eigenvalue weighted by molar-refractivity contribution is 6.31. The van der Waals surface area contributed by atoms with E-state index in [-0.39, 0.29) is 16.3 Å². The fraction of sp³-hybridized carbons (Fsp3) is 0. The fourth-order valence-corrected chi connectivity index (χ4v) is 2.20. The zero-order chi connectivity index (χ0) is 16.4. The van der Waals surface area contributed by atoms with Crippen molar-refractivity contribution in [1.82, 2.24) is 9.78 Å². The van der Waals surface area contributed by atoms with Gasteiger partial charge in [-0.2, -0.15) is 5.10 Å². The lowest BCUT2D eigenvalue weighted by Gasteiger charge is -2.04. The SMILES string of the molecule is O=C(Nc1cnn(-c2ccccc2F)c1)c1cc(Cl)ccc1F. The van der Waals surface area contributed by atoms with Crippen LogP contribution < -0.4 is 5.32 Å². The Bertz CT molecular complexity index is 879. The van der Waals surface area contributed by atoms with Crippen LogP contribution in [0.5, 0.6) is 0 Å². The molecule has 1 aromatic heterocycles. The van der Waals surface area contributed by atoms with E-state index >= 15 is 0 Å². The molecule has 2 aromatic carbocycles. The third-order valence-corrected chi connectivity index (χ3v) is 3.35. The molecule has 0 bridgehead atoms. The second kappa shape index (κ2) is 6.18. The van der Waals surface area contributed by atoms with Crippen LogP contribution >= 0.6 is 11.6 Å². The van der Waals surface area contributed by atoms with Gasteiger partial charge in [-0.3, -0.25) is 4.79 Å². The van der Waals surface area contributed by atoms with Gasteiger partial charge in [0.05, 0.1) is 23.6 Å². The van der Waals surface area contributed by atoms with Crippen LogP contribution in [0.3, 0.4) is 0 Å². The average Bonchev–Trinajstić information content (AvgIpc) is 2.98. The van der Waals surface area contributed by atoms with Crippen molar-refractivity contribution < 1.29 is 13.6 Å². The average molecular weight is 334 g/mol. The van der Waals surface area contributed by atoms with Gasteiger partial charge in [-0.05, 0) is 30.3 Å². The Labute approximate surface area is 135 Å². The van der Waals surface area contributed by atoms with Gasteiger partial charge < -0.3 is 5.32 Å². The first-order chi connectivity index (χ1) is 11.0. The van der Waals surface area contributed by atoms with Crippen LogP contribution in [-0.2, 0) is 0 Å². The molecule has 1 N–H and O–H groups in total. The summed E-state index contributed by atoms with van der Waals surface area (Å²) in [6.07, 6.45) is 2.77. The van der Waals surface area contributed by atoms with E-state index < -0.39 is 17.5 Å². The Morgan fingerprint density at radius 3 is 2.70 bits per heavy atom. The van der Waals surface area contributed by atoms with Crippen molar-refractivity contribution in [2.75, 3.05) is 5.32 Å². The largest absolute Gasteiger partial charge is 0.319 e. The molecule has 1 amide bonds. The third kappa shape index (κ3) is 3.22. The molecule has 23 heavy (non-hydrogen) atoms. The van der Waals surface area contributed by atoms with Gasteiger partial charge in [0, 0.05) is 5.02 Å². The Morgan fingerprint density at radius 1 is 1.13 bits per heavy atom. The van der Waals surface area contributed by atoms with Gasteiger partial charge >= 0.3 is 0 Å². The minimum absolute atomic E-state index is 0.184. The molecule has 0 unspecified atom stereocenters. The van der Waals surface area contributed by atoms with E-state index in [2.05, 4.69) is 10.4 Å². The van der Waals surface area contributed by atoms with E-state index in [0.717, 1.165) is 6.07 Å². The van der Waals surface area contributed by atoms with E-state index in [9.17, 15) is 13.6 Å². The number of amides is 1. The van der Waals surface area contributed by atoms with Gasteiger partial charge in [-0.15, -0.1) is 0 Å². The van der Waals surface area contributed by atoms with Crippen LogP contribution in [0.15, 0.2) is 54.9 Å². The van der Waals surface area contributed by atoms with Crippen LogP contribution in [0, 0.1) is 11.6 Å². The number of carbonyl (C=O) groups excluding carboxylic acids is 1. The van der Waals surface area contributed by atoms with Crippen molar-refractivity contribution >= 4 is 23.2 Å². The summed E-state index contributed by atoms with van der Waals surface area (Å²) in [6, 6.07) is 9.77. The zero-order valence-electron chi connectivity index (χ0n) is 11.6. The van der Waals surface area contributed by atoms with E-state index in [1.807, 2.05) is 0 Å². The Morgan fingerprint density at radius 2 is 1.91 bits per heavy atom. The van der Waals surface area contributed by atoms with Gasteiger partial charge in [-0.1, -0.05) is 23.7 Å². The highest BCUT2D eigenvalue weighted by Gasteiger charge is 2.14. The standard InChI is InChI=1S/C16H10ClF2N3O/c17-10-5-6-13(18)12(7-10)16(23)21-11-8-20-22(9-11)15-4-2-1-3-14(15)19/h1-9H,(H,21,23). The normalized spacial score (nSPS) is 10.6. The van der Waals surface area contributed by atoms with Crippen molar-refractivity contribution in [3.05, 3.63) is 77.1 Å². The maximum atomic E-state index is 13.7. The maximum Gasteiger partial charge on any atom is 0.258 e. The zero-order valence-corrected chi connectivity index (χ0v) is 12.4. The molecular weight excluding hydrogens is 324 g/mol. The molecule has 116 valence electrons. The van der Waals surface area contributed by atoms with Gasteiger partial charge in [0.25, 0.3) is 5.91 Å². The minimum atomic E-state index is -0.687. The molecule has 0 saturated carbocycles. The summed E-state index contributed by atoms with van der Waals surface area (Å²) in [4.78, 5) is 12.1. The summed E-state index contributed by atoms with van der Waals surface area (Å²) >= 11 is 5.76. The predicted octanol–water partition coefficient (Wildman–Crippen LogP) is 4.06. The first kappa shape index (κ1) is 15.2. The summed E-state index contributed by atoms with van der Waals surface area (Å²) < 4.78 is 28.6. The molecule has 0 aliphatic rings. The van der Waals surface area contributed by atoms with Crippen molar-refractivity contribution in [3.8, 4) is 5.69 Å². The third-order valence-electron chi connectivity index (χ3n) is 3.11. The van der Waals surface area contributed by atoms with Gasteiger partial charge in [0.2, 0.25) is 0 Å². The number of benzene rings is 2. The molecule has 0 radical (unpaired) electrons. The molecule has 3 aromatic rings. The second-order valence-corrected chi connectivity index (χ2v) is 5.14. The maximum absolute atomic E-state index is 13.7. The Kier molecular flexibility index (Phi) is 4.08. The van der Waals surface area contributed by atoms with Crippen LogP contribution in [0.2, 0.25) is 5.02 Å². The molecule has 0 aliphatic carbocycles. The summed E-state index contributed by atoms with van der Waals surface area (Å²) in [7, 11) is 0. The first-order valence-electron chi connectivity index (χ1n) is 6.60. The fourth-order valence-electron chi connectivity index (χ4n) is 2.03. The van der Waals surface area contributed by atoms with E-state index in [0.29, 0.717) is 5.69 Å². The molecule has 7 heteroatoms. The number of hydrogen-bond acceptors (Lipinski definition) is 2. The monoisotopic (exact) mass is 333 g/mol. The molecule has 0 spiro atoms. The number of rotatable bonds is 3. The lowest BCUT2D eigenvalue weighted by atomic mass is 10.2. The van der Waals surface area contributed by atoms with Crippen molar-refractivity contribution in [1.29, 1.82) is 0 Å². The molecule has 0 saturated heterocycles. The van der Waals surface area contributed by atoms with E-state index in [1.54, 1.807) is 18.2 Å². The van der Waals surface area contributed by atoms with Gasteiger partial charge in [0.15, 0.2) is 0 Å². The van der Waals surface area contributed by atoms with Crippen molar-refractivity contribution in [3.63, 3.8) is 0 Å². The second-order valence-electron chi connectivity index (χ2n) is 4.70. The molecule has 3 rings (SSSR count). The molecule has 0 fully saturated rings. The van der Waals surface area contributed by atoms with Crippen LogP contribution in [0.1, 0.15) is 10.4 Å². The van der Waals surface area contributed by atoms with Gasteiger partial charge in [0.1, 0.15) is 17.3 Å². The lowest BCUT2D eigenvalue weighted by molar-refractivity contribution is 0.102. The number of carbonyl (C=O) groups is 1. The lowest BCUT2D eigenvalue weighted by Crippen LogP contribution is -2.13. The van der Waals surface area contributed by atoms with E-state index in [1.165, 1.54) is 35.3 Å². The Balaban J connectivity index is 1.83. The minimum Gasteiger partial charge on any atom is -0.319 e. The van der Waals surface area contributed by atoms with Crippen LogP contribution in [-0.4, -0.2) is 15.7 Å². The smallest absolute Gasteiger partial charge is 0.258 e. The van der Waals surface area contributed by atoms with Crippen molar-refractivity contribution in [2.45, 2.75) is 0 Å². The highest BCUT2D eigenvalue weighted by Crippen LogP contribution is 2.18. The quantitative estimate of drug-likeness (QED) is 0.785. The molecule has 4 nitrogen and oxygen atoms in total. The Hall–Kier alpha value is -2.73. The molecule has 0 aliphatic heterocycles. The summed E-state index contributed by atoms with van der Waals surface area (Å²) in [5.41, 5.74) is 0.357. The predicted molar refractivity (Wildman–Crippen MR) is 82.9 cm³/mol. The van der Waals surface area contributed by atoms with Crippen LogP contribution in [0.25, 0.3) is 5.69 Å². The number of anilines is 1. The number of halogens is 3. The number of aromatic nitrogens is 2. The van der Waals surface area contributed by atoms with E-state index in [4.69, 9.17) is 11.6 Å². The molecule has 0 atom stereocenters.